The van der Waals surface area contributed by atoms with Crippen LogP contribution in [0.25, 0.3) is 16.9 Å². The van der Waals surface area contributed by atoms with Crippen molar-refractivity contribution in [3.8, 4) is 16.9 Å². The average Bonchev–Trinajstić information content (AvgIpc) is 3.36. The molecule has 196 valence electrons. The van der Waals surface area contributed by atoms with E-state index in [9.17, 15) is 37.0 Å². The molecule has 0 fully saturated rings. The molecule has 4 rings (SSSR count). The van der Waals surface area contributed by atoms with Crippen molar-refractivity contribution in [2.24, 2.45) is 0 Å². The molecule has 14 heteroatoms. The number of rotatable bonds is 7. The fraction of sp³-hybridized carbons (Fsp3) is 0.261. The highest BCUT2D eigenvalue weighted by molar-refractivity contribution is 6.30. The fourth-order valence-electron chi connectivity index (χ4n) is 3.64. The molecule has 2 N–H and O–H groups in total. The number of nitrogens with zero attached hydrogens (tertiary/aromatic N) is 5. The van der Waals surface area contributed by atoms with Crippen LogP contribution in [0.15, 0.2) is 53.5 Å². The third-order valence-electron chi connectivity index (χ3n) is 5.42. The minimum Gasteiger partial charge on any atom is -0.385 e. The van der Waals surface area contributed by atoms with Crippen LogP contribution >= 0.6 is 11.6 Å². The van der Waals surface area contributed by atoms with Gasteiger partial charge in [-0.3, -0.25) is 9.13 Å². The maximum Gasteiger partial charge on any atom is 0.416 e. The Balaban J connectivity index is 1.78. The van der Waals surface area contributed by atoms with Crippen molar-refractivity contribution in [3.63, 3.8) is 0 Å². The lowest BCUT2D eigenvalue weighted by atomic mass is 10.1. The fourth-order valence-corrected chi connectivity index (χ4v) is 3.76. The molecule has 0 aliphatic carbocycles. The van der Waals surface area contributed by atoms with Gasteiger partial charge in [-0.25, -0.2) is 23.2 Å². The molecule has 0 spiro atoms. The minimum absolute atomic E-state index is 0.0599. The van der Waals surface area contributed by atoms with Gasteiger partial charge in [0.1, 0.15) is 17.6 Å². The third-order valence-corrected chi connectivity index (χ3v) is 5.67. The van der Waals surface area contributed by atoms with E-state index in [1.807, 2.05) is 0 Å². The molecule has 2 atom stereocenters. The highest BCUT2D eigenvalue weighted by atomic mass is 35.5. The summed E-state index contributed by atoms with van der Waals surface area (Å²) in [7, 11) is 0. The number of aliphatic hydroxyl groups excluding tert-OH is 2. The maximum absolute atomic E-state index is 14.4. The molecule has 0 bridgehead atoms. The number of alkyl halides is 3. The van der Waals surface area contributed by atoms with Crippen LogP contribution in [0, 0.1) is 11.6 Å². The van der Waals surface area contributed by atoms with E-state index in [2.05, 4.69) is 10.1 Å². The van der Waals surface area contributed by atoms with Crippen LogP contribution in [0.3, 0.4) is 0 Å². The molecule has 0 aliphatic heterocycles. The molecule has 0 saturated heterocycles. The summed E-state index contributed by atoms with van der Waals surface area (Å²) < 4.78 is 69.6. The molecule has 8 nitrogen and oxygen atoms in total. The molecule has 0 amide bonds. The second-order valence-corrected chi connectivity index (χ2v) is 8.61. The number of aromatic nitrogens is 5. The molecular weight excluding hydrogens is 525 g/mol. The Morgan fingerprint density at radius 3 is 2.35 bits per heavy atom. The number of aliphatic hydroxyl groups is 2. The van der Waals surface area contributed by atoms with E-state index in [0.29, 0.717) is 16.7 Å². The Bertz CT molecular complexity index is 1480. The largest absolute Gasteiger partial charge is 0.416 e. The van der Waals surface area contributed by atoms with Gasteiger partial charge in [0.25, 0.3) is 0 Å². The summed E-state index contributed by atoms with van der Waals surface area (Å²) in [5, 5.41) is 24.2. The molecule has 0 radical (unpaired) electrons. The lowest BCUT2D eigenvalue weighted by Crippen LogP contribution is -2.37. The number of benzene rings is 2. The quantitative estimate of drug-likeness (QED) is 0.345. The Morgan fingerprint density at radius 2 is 1.76 bits per heavy atom. The zero-order valence-corrected chi connectivity index (χ0v) is 19.8. The second kappa shape index (κ2) is 10.1. The first kappa shape index (κ1) is 26.5. The van der Waals surface area contributed by atoms with E-state index < -0.39 is 42.3 Å². The van der Waals surface area contributed by atoms with Crippen molar-refractivity contribution in [3.05, 3.63) is 87.5 Å². The minimum atomic E-state index is -4.97. The third kappa shape index (κ3) is 5.58. The second-order valence-electron chi connectivity index (χ2n) is 8.17. The van der Waals surface area contributed by atoms with Crippen LogP contribution in [0.2, 0.25) is 5.02 Å². The highest BCUT2D eigenvalue weighted by Gasteiger charge is 2.39. The molecule has 2 heterocycles. The Labute approximate surface area is 210 Å². The van der Waals surface area contributed by atoms with Gasteiger partial charge in [0.2, 0.25) is 0 Å². The van der Waals surface area contributed by atoms with Crippen molar-refractivity contribution in [2.45, 2.75) is 38.4 Å². The van der Waals surface area contributed by atoms with E-state index in [-0.39, 0.29) is 29.6 Å². The summed E-state index contributed by atoms with van der Waals surface area (Å²) in [5.74, 6) is -2.01. The smallest absolute Gasteiger partial charge is 0.385 e. The first-order valence-corrected chi connectivity index (χ1v) is 11.1. The van der Waals surface area contributed by atoms with E-state index in [4.69, 9.17) is 11.6 Å². The molecule has 2 unspecified atom stereocenters. The molecule has 0 saturated carbocycles. The van der Waals surface area contributed by atoms with Gasteiger partial charge in [-0.15, -0.1) is 5.10 Å². The highest BCUT2D eigenvalue weighted by Crippen LogP contribution is 2.26. The van der Waals surface area contributed by atoms with Crippen molar-refractivity contribution >= 4 is 11.6 Å². The van der Waals surface area contributed by atoms with Crippen LogP contribution < -0.4 is 5.69 Å². The molecule has 0 aliphatic rings. The van der Waals surface area contributed by atoms with Gasteiger partial charge < -0.3 is 10.2 Å². The Hall–Kier alpha value is -3.55. The molecule has 2 aromatic carbocycles. The van der Waals surface area contributed by atoms with Crippen LogP contribution in [0.1, 0.15) is 24.7 Å². The average molecular weight is 544 g/mol. The SMILES string of the molecule is CC(O)c1nc(Cn2cc(-c3ccc(Cl)cc3)n(CC(O)C(F)(F)F)c2=O)nn1-c1ccc(F)cc1F. The van der Waals surface area contributed by atoms with Crippen molar-refractivity contribution in [1.82, 2.24) is 23.9 Å². The van der Waals surface area contributed by atoms with Crippen LogP contribution in [-0.2, 0) is 13.1 Å². The summed E-state index contributed by atoms with van der Waals surface area (Å²) >= 11 is 5.89. The Morgan fingerprint density at radius 1 is 1.08 bits per heavy atom. The number of halogens is 6. The van der Waals surface area contributed by atoms with Gasteiger partial charge in [-0.05, 0) is 36.8 Å². The van der Waals surface area contributed by atoms with E-state index in [1.54, 1.807) is 0 Å². The van der Waals surface area contributed by atoms with Gasteiger partial charge >= 0.3 is 11.9 Å². The molecule has 4 aromatic rings. The van der Waals surface area contributed by atoms with Crippen molar-refractivity contribution in [1.29, 1.82) is 0 Å². The number of hydrogen-bond acceptors (Lipinski definition) is 5. The first-order chi connectivity index (χ1) is 17.3. The summed E-state index contributed by atoms with van der Waals surface area (Å²) in [6.45, 7) is -0.107. The lowest BCUT2D eigenvalue weighted by molar-refractivity contribution is -0.207. The number of hydrogen-bond donors (Lipinski definition) is 2. The van der Waals surface area contributed by atoms with Gasteiger partial charge in [-0.2, -0.15) is 13.2 Å². The monoisotopic (exact) mass is 543 g/mol. The van der Waals surface area contributed by atoms with Crippen molar-refractivity contribution < 1.29 is 32.2 Å². The predicted octanol–water partition coefficient (Wildman–Crippen LogP) is 3.85. The Kier molecular flexibility index (Phi) is 7.22. The summed E-state index contributed by atoms with van der Waals surface area (Å²) in [6.07, 6.45) is -7.76. The first-order valence-electron chi connectivity index (χ1n) is 10.7. The van der Waals surface area contributed by atoms with Gasteiger partial charge in [0.05, 0.1) is 18.8 Å². The topological polar surface area (TPSA) is 98.1 Å². The number of imidazole rings is 1. The summed E-state index contributed by atoms with van der Waals surface area (Å²) in [5.41, 5.74) is -0.705. The van der Waals surface area contributed by atoms with Crippen molar-refractivity contribution in [2.75, 3.05) is 0 Å². The lowest BCUT2D eigenvalue weighted by Gasteiger charge is -2.16. The zero-order valence-electron chi connectivity index (χ0n) is 19.0. The normalized spacial score (nSPS) is 13.6. The van der Waals surface area contributed by atoms with E-state index in [0.717, 1.165) is 25.9 Å². The standard InChI is InChI=1S/C23H19ClF5N5O3/c1-12(35)21-30-20(31-34(21)17-7-6-15(25)8-16(17)26)11-32-9-18(13-2-4-14(24)5-3-13)33(22(32)37)10-19(36)23(27,28)29/h2-9,12,19,35-36H,10-11H2,1H3. The molecule has 37 heavy (non-hydrogen) atoms. The van der Waals surface area contributed by atoms with Gasteiger partial charge in [0.15, 0.2) is 23.6 Å². The van der Waals surface area contributed by atoms with Gasteiger partial charge in [-0.1, -0.05) is 23.7 Å². The van der Waals surface area contributed by atoms with Crippen LogP contribution in [-0.4, -0.2) is 46.4 Å². The molecular formula is C23H19ClF5N5O3. The van der Waals surface area contributed by atoms with Crippen LogP contribution in [0.5, 0.6) is 0 Å². The maximum atomic E-state index is 14.4. The van der Waals surface area contributed by atoms with Crippen LogP contribution in [0.4, 0.5) is 22.0 Å². The zero-order chi connectivity index (χ0) is 27.1. The molecule has 2 aromatic heterocycles. The predicted molar refractivity (Wildman–Crippen MR) is 122 cm³/mol. The summed E-state index contributed by atoms with van der Waals surface area (Å²) in [6, 6.07) is 8.66. The van der Waals surface area contributed by atoms with Gasteiger partial charge in [0, 0.05) is 17.3 Å². The summed E-state index contributed by atoms with van der Waals surface area (Å²) in [4.78, 5) is 17.2. The van der Waals surface area contributed by atoms with E-state index in [1.165, 1.54) is 37.4 Å². The van der Waals surface area contributed by atoms with E-state index >= 15 is 0 Å².